The SMILES string of the molecule is CCc1cc(C)c(C)c(-c2c3ccc([Si](c4ccccc4)(c4ccccc4)C(C)(C)C)cc3cc[n+]2C)c1. The topological polar surface area (TPSA) is 3.88 Å². The molecule has 0 aliphatic heterocycles. The molecule has 0 atom stereocenters. The first-order valence-corrected chi connectivity index (χ1v) is 15.8. The van der Waals surface area contributed by atoms with E-state index >= 15 is 0 Å². The van der Waals surface area contributed by atoms with Crippen LogP contribution >= 0.6 is 0 Å². The lowest BCUT2D eigenvalue weighted by molar-refractivity contribution is -0.659. The molecule has 0 bridgehead atoms. The van der Waals surface area contributed by atoms with Crippen LogP contribution in [0, 0.1) is 13.8 Å². The van der Waals surface area contributed by atoms with Crippen molar-refractivity contribution in [2.24, 2.45) is 7.05 Å². The van der Waals surface area contributed by atoms with Gasteiger partial charge in [0.15, 0.2) is 14.3 Å². The Morgan fingerprint density at radius 2 is 1.32 bits per heavy atom. The Kier molecular flexibility index (Phi) is 6.87. The van der Waals surface area contributed by atoms with E-state index in [0.717, 1.165) is 6.42 Å². The zero-order chi connectivity index (χ0) is 27.1. The maximum absolute atomic E-state index is 2.50. The molecule has 0 fully saturated rings. The lowest BCUT2D eigenvalue weighted by atomic mass is 9.93. The molecular weight excluding hydrogens is 474 g/mol. The van der Waals surface area contributed by atoms with E-state index in [9.17, 15) is 0 Å². The third kappa shape index (κ3) is 4.21. The van der Waals surface area contributed by atoms with Crippen LogP contribution < -0.4 is 20.1 Å². The Hall–Kier alpha value is -3.49. The number of aryl methyl sites for hydroxylation is 3. The van der Waals surface area contributed by atoms with Crippen LogP contribution in [0.1, 0.15) is 44.4 Å². The molecule has 0 aliphatic carbocycles. The van der Waals surface area contributed by atoms with Crippen LogP contribution in [0.2, 0.25) is 5.04 Å². The van der Waals surface area contributed by atoms with Gasteiger partial charge in [0.2, 0.25) is 5.69 Å². The summed E-state index contributed by atoms with van der Waals surface area (Å²) in [6, 6.07) is 36.9. The second kappa shape index (κ2) is 10.00. The smallest absolute Gasteiger partial charge is 0.200 e. The highest BCUT2D eigenvalue weighted by Gasteiger charge is 2.49. The Labute approximate surface area is 229 Å². The molecule has 5 rings (SSSR count). The Balaban J connectivity index is 1.84. The minimum absolute atomic E-state index is 0.0643. The van der Waals surface area contributed by atoms with Gasteiger partial charge in [-0.15, -0.1) is 0 Å². The summed E-state index contributed by atoms with van der Waals surface area (Å²) in [6.07, 6.45) is 3.28. The van der Waals surface area contributed by atoms with Crippen molar-refractivity contribution in [3.63, 3.8) is 0 Å². The number of nitrogens with zero attached hydrogens (tertiary/aromatic N) is 1. The summed E-state index contributed by atoms with van der Waals surface area (Å²) >= 11 is 0. The highest BCUT2D eigenvalue weighted by molar-refractivity contribution is 7.13. The maximum atomic E-state index is 2.50. The Morgan fingerprint density at radius 3 is 1.87 bits per heavy atom. The fourth-order valence-corrected chi connectivity index (χ4v) is 12.2. The van der Waals surface area contributed by atoms with Crippen molar-refractivity contribution in [3.05, 3.63) is 120 Å². The van der Waals surface area contributed by atoms with Gasteiger partial charge in [-0.25, -0.2) is 4.57 Å². The first-order chi connectivity index (χ1) is 18.2. The number of rotatable bonds is 5. The van der Waals surface area contributed by atoms with Gasteiger partial charge in [0.05, 0.1) is 10.9 Å². The van der Waals surface area contributed by atoms with Crippen LogP contribution in [-0.4, -0.2) is 8.07 Å². The predicted molar refractivity (Wildman–Crippen MR) is 167 cm³/mol. The van der Waals surface area contributed by atoms with E-state index in [1.807, 2.05) is 0 Å². The maximum Gasteiger partial charge on any atom is 0.220 e. The van der Waals surface area contributed by atoms with Crippen LogP contribution in [0.4, 0.5) is 0 Å². The van der Waals surface area contributed by atoms with Crippen molar-refractivity contribution in [1.82, 2.24) is 0 Å². The number of hydrogen-bond donors (Lipinski definition) is 0. The van der Waals surface area contributed by atoms with Gasteiger partial charge in [-0.2, -0.15) is 0 Å². The molecule has 1 heterocycles. The molecule has 0 saturated heterocycles. The van der Waals surface area contributed by atoms with E-state index in [0.29, 0.717) is 0 Å². The molecule has 1 nitrogen and oxygen atoms in total. The number of benzene rings is 4. The zero-order valence-corrected chi connectivity index (χ0v) is 25.0. The largest absolute Gasteiger partial charge is 0.220 e. The average Bonchev–Trinajstić information content (AvgIpc) is 2.91. The van der Waals surface area contributed by atoms with Gasteiger partial charge >= 0.3 is 0 Å². The van der Waals surface area contributed by atoms with Crippen molar-refractivity contribution < 1.29 is 4.57 Å². The highest BCUT2D eigenvalue weighted by Crippen LogP contribution is 2.37. The summed E-state index contributed by atoms with van der Waals surface area (Å²) in [7, 11) is -0.216. The molecule has 0 N–H and O–H groups in total. The normalized spacial score (nSPS) is 12.2. The van der Waals surface area contributed by atoms with E-state index < -0.39 is 8.07 Å². The van der Waals surface area contributed by atoms with Crippen molar-refractivity contribution >= 4 is 34.4 Å². The third-order valence-electron chi connectivity index (χ3n) is 8.50. The molecule has 0 spiro atoms. The van der Waals surface area contributed by atoms with Crippen molar-refractivity contribution in [2.75, 3.05) is 0 Å². The fraction of sp³-hybridized carbons (Fsp3) is 0.250. The Morgan fingerprint density at radius 1 is 0.711 bits per heavy atom. The fourth-order valence-electron chi connectivity index (χ4n) is 6.50. The summed E-state index contributed by atoms with van der Waals surface area (Å²) in [5.41, 5.74) is 6.76. The molecule has 0 unspecified atom stereocenters. The van der Waals surface area contributed by atoms with Crippen molar-refractivity contribution in [1.29, 1.82) is 0 Å². The highest BCUT2D eigenvalue weighted by atomic mass is 28.3. The first-order valence-electron chi connectivity index (χ1n) is 13.8. The van der Waals surface area contributed by atoms with Crippen LogP contribution in [0.3, 0.4) is 0 Å². The molecule has 38 heavy (non-hydrogen) atoms. The molecule has 4 aromatic carbocycles. The molecule has 0 radical (unpaired) electrons. The van der Waals surface area contributed by atoms with Gasteiger partial charge < -0.3 is 0 Å². The third-order valence-corrected chi connectivity index (χ3v) is 14.3. The lowest BCUT2D eigenvalue weighted by Gasteiger charge is -2.44. The molecule has 5 aromatic rings. The molecule has 192 valence electrons. The van der Waals surface area contributed by atoms with Gasteiger partial charge in [0.25, 0.3) is 0 Å². The van der Waals surface area contributed by atoms with Gasteiger partial charge in [-0.05, 0) is 75.1 Å². The summed E-state index contributed by atoms with van der Waals surface area (Å²) in [4.78, 5) is 0. The molecule has 1 aromatic heterocycles. The predicted octanol–water partition coefficient (Wildman–Crippen LogP) is 6.78. The van der Waals surface area contributed by atoms with E-state index in [4.69, 9.17) is 0 Å². The lowest BCUT2D eigenvalue weighted by Crippen LogP contribution is -2.72. The van der Waals surface area contributed by atoms with E-state index in [1.165, 1.54) is 54.3 Å². The summed E-state index contributed by atoms with van der Waals surface area (Å²) in [5, 5.41) is 7.07. The monoisotopic (exact) mass is 514 g/mol. The number of fused-ring (bicyclic) bond motifs is 1. The second-order valence-electron chi connectivity index (χ2n) is 11.7. The second-order valence-corrected chi connectivity index (χ2v) is 16.5. The zero-order valence-electron chi connectivity index (χ0n) is 24.0. The van der Waals surface area contributed by atoms with E-state index in [2.05, 4.69) is 156 Å². The summed E-state index contributed by atoms with van der Waals surface area (Å²) < 4.78 is 2.30. The van der Waals surface area contributed by atoms with Crippen molar-refractivity contribution in [3.8, 4) is 11.3 Å². The molecule has 2 heteroatoms. The van der Waals surface area contributed by atoms with Crippen LogP contribution in [-0.2, 0) is 13.5 Å². The van der Waals surface area contributed by atoms with Crippen LogP contribution in [0.25, 0.3) is 22.0 Å². The standard InChI is InChI=1S/C36H40NSi/c1-8-28-23-26(2)27(3)34(24-28)35-33-20-19-32(25-29(33)21-22-37(35)7)38(36(4,5)6,30-15-11-9-12-16-30)31-17-13-10-14-18-31/h9-25H,8H2,1-7H3/q+1. The van der Waals surface area contributed by atoms with Gasteiger partial charge in [0.1, 0.15) is 7.05 Å². The minimum Gasteiger partial charge on any atom is -0.200 e. The quantitative estimate of drug-likeness (QED) is 0.138. The first kappa shape index (κ1) is 26.1. The Bertz CT molecular complexity index is 1550. The van der Waals surface area contributed by atoms with Crippen LogP contribution in [0.5, 0.6) is 0 Å². The molecular formula is C36H40NSi+. The molecule has 0 saturated carbocycles. The van der Waals surface area contributed by atoms with E-state index in [1.54, 1.807) is 0 Å². The molecule has 0 amide bonds. The van der Waals surface area contributed by atoms with E-state index in [-0.39, 0.29) is 5.04 Å². The minimum atomic E-state index is -2.39. The van der Waals surface area contributed by atoms with Crippen LogP contribution in [0.15, 0.2) is 103 Å². The number of hydrogen-bond acceptors (Lipinski definition) is 0. The summed E-state index contributed by atoms with van der Waals surface area (Å²) in [6.45, 7) is 14.0. The van der Waals surface area contributed by atoms with Gasteiger partial charge in [0, 0.05) is 6.07 Å². The van der Waals surface area contributed by atoms with Gasteiger partial charge in [-0.3, -0.25) is 0 Å². The number of aromatic nitrogens is 1. The van der Waals surface area contributed by atoms with Gasteiger partial charge in [-0.1, -0.05) is 107 Å². The summed E-state index contributed by atoms with van der Waals surface area (Å²) in [5.74, 6) is 0. The average molecular weight is 515 g/mol. The molecule has 0 aliphatic rings. The number of pyridine rings is 1. The van der Waals surface area contributed by atoms with Crippen molar-refractivity contribution in [2.45, 2.75) is 53.0 Å².